The molecule has 0 saturated heterocycles. The molecule has 0 atom stereocenters. The van der Waals surface area contributed by atoms with E-state index >= 15 is 0 Å². The molecule has 0 saturated carbocycles. The fourth-order valence-corrected chi connectivity index (χ4v) is 3.23. The molecule has 3 aromatic carbocycles. The van der Waals surface area contributed by atoms with Crippen molar-refractivity contribution in [1.82, 2.24) is 0 Å². The first-order valence-electron chi connectivity index (χ1n) is 6.56. The van der Waals surface area contributed by atoms with Crippen LogP contribution >= 0.6 is 27.5 Å². The molecule has 0 aromatic heterocycles. The van der Waals surface area contributed by atoms with Crippen LogP contribution in [0.3, 0.4) is 0 Å². The first-order chi connectivity index (χ1) is 10.1. The van der Waals surface area contributed by atoms with Gasteiger partial charge in [0.25, 0.3) is 0 Å². The maximum Gasteiger partial charge on any atom is 0.195 e. The molecule has 0 aliphatic rings. The Morgan fingerprint density at radius 1 is 0.952 bits per heavy atom. The third-order valence-corrected chi connectivity index (χ3v) is 4.37. The number of halogens is 2. The second-order valence-electron chi connectivity index (χ2n) is 4.93. The van der Waals surface area contributed by atoms with Gasteiger partial charge in [-0.25, -0.2) is 0 Å². The standard InChI is InChI=1S/C18H12BrClO/c1-11-6-8-15(14-5-3-2-4-13(11)14)18(21)16-9-7-12(19)10-17(16)20/h2-10H,1H3. The van der Waals surface area contributed by atoms with Crippen molar-refractivity contribution in [2.75, 3.05) is 0 Å². The Bertz CT molecular complexity index is 855. The third kappa shape index (κ3) is 2.61. The van der Waals surface area contributed by atoms with Gasteiger partial charge in [-0.05, 0) is 41.5 Å². The largest absolute Gasteiger partial charge is 0.289 e. The van der Waals surface area contributed by atoms with Gasteiger partial charge in [0.2, 0.25) is 0 Å². The molecule has 104 valence electrons. The first kappa shape index (κ1) is 14.3. The molecule has 3 rings (SSSR count). The number of fused-ring (bicyclic) bond motifs is 1. The van der Waals surface area contributed by atoms with Crippen LogP contribution in [0.4, 0.5) is 0 Å². The van der Waals surface area contributed by atoms with Crippen LogP contribution in [0, 0.1) is 6.92 Å². The molecule has 3 aromatic rings. The van der Waals surface area contributed by atoms with Gasteiger partial charge in [-0.1, -0.05) is 63.9 Å². The van der Waals surface area contributed by atoms with Gasteiger partial charge in [0.1, 0.15) is 0 Å². The summed E-state index contributed by atoms with van der Waals surface area (Å²) < 4.78 is 0.859. The van der Waals surface area contributed by atoms with Crippen LogP contribution in [-0.2, 0) is 0 Å². The number of aryl methyl sites for hydroxylation is 1. The van der Waals surface area contributed by atoms with Gasteiger partial charge in [-0.15, -0.1) is 0 Å². The van der Waals surface area contributed by atoms with Gasteiger partial charge in [0, 0.05) is 15.6 Å². The quantitative estimate of drug-likeness (QED) is 0.529. The van der Waals surface area contributed by atoms with E-state index in [0.29, 0.717) is 16.1 Å². The SMILES string of the molecule is Cc1ccc(C(=O)c2ccc(Br)cc2Cl)c2ccccc12. The molecule has 0 bridgehead atoms. The summed E-state index contributed by atoms with van der Waals surface area (Å²) in [6.07, 6.45) is 0. The van der Waals surface area contributed by atoms with E-state index in [2.05, 4.69) is 15.9 Å². The number of hydrogen-bond donors (Lipinski definition) is 0. The average molecular weight is 360 g/mol. The van der Waals surface area contributed by atoms with Crippen molar-refractivity contribution in [3.63, 3.8) is 0 Å². The molecule has 0 N–H and O–H groups in total. The lowest BCUT2D eigenvalue weighted by atomic mass is 9.95. The minimum atomic E-state index is -0.0521. The molecule has 3 heteroatoms. The van der Waals surface area contributed by atoms with E-state index in [9.17, 15) is 4.79 Å². The molecular weight excluding hydrogens is 348 g/mol. The van der Waals surface area contributed by atoms with E-state index in [1.165, 1.54) is 0 Å². The summed E-state index contributed by atoms with van der Waals surface area (Å²) in [7, 11) is 0. The molecule has 0 aliphatic heterocycles. The van der Waals surface area contributed by atoms with Gasteiger partial charge in [0.05, 0.1) is 5.02 Å². The zero-order chi connectivity index (χ0) is 15.0. The fourth-order valence-electron chi connectivity index (χ4n) is 2.47. The van der Waals surface area contributed by atoms with Crippen LogP contribution in [0.5, 0.6) is 0 Å². The van der Waals surface area contributed by atoms with E-state index in [4.69, 9.17) is 11.6 Å². The molecule has 0 aliphatic carbocycles. The lowest BCUT2D eigenvalue weighted by molar-refractivity contribution is 0.104. The highest BCUT2D eigenvalue weighted by molar-refractivity contribution is 9.10. The van der Waals surface area contributed by atoms with Gasteiger partial charge in [0.15, 0.2) is 5.78 Å². The van der Waals surface area contributed by atoms with Crippen LogP contribution in [-0.4, -0.2) is 5.78 Å². The highest BCUT2D eigenvalue weighted by Gasteiger charge is 2.16. The zero-order valence-corrected chi connectivity index (χ0v) is 13.7. The van der Waals surface area contributed by atoms with Crippen molar-refractivity contribution < 1.29 is 4.79 Å². The highest BCUT2D eigenvalue weighted by Crippen LogP contribution is 2.28. The molecule has 0 amide bonds. The van der Waals surface area contributed by atoms with Crippen molar-refractivity contribution >= 4 is 44.1 Å². The second-order valence-corrected chi connectivity index (χ2v) is 6.25. The van der Waals surface area contributed by atoms with E-state index < -0.39 is 0 Å². The van der Waals surface area contributed by atoms with Crippen LogP contribution in [0.25, 0.3) is 10.8 Å². The lowest BCUT2D eigenvalue weighted by Crippen LogP contribution is -2.03. The molecule has 0 radical (unpaired) electrons. The normalized spacial score (nSPS) is 10.8. The van der Waals surface area contributed by atoms with Gasteiger partial charge in [-0.3, -0.25) is 4.79 Å². The lowest BCUT2D eigenvalue weighted by Gasteiger charge is -2.09. The zero-order valence-electron chi connectivity index (χ0n) is 11.4. The summed E-state index contributed by atoms with van der Waals surface area (Å²) in [4.78, 5) is 12.8. The maximum atomic E-state index is 12.8. The Kier molecular flexibility index (Phi) is 3.83. The molecule has 1 nitrogen and oxygen atoms in total. The first-order valence-corrected chi connectivity index (χ1v) is 7.73. The summed E-state index contributed by atoms with van der Waals surface area (Å²) in [5, 5.41) is 2.51. The van der Waals surface area contributed by atoms with Crippen LogP contribution in [0.1, 0.15) is 21.5 Å². The predicted molar refractivity (Wildman–Crippen MR) is 91.3 cm³/mol. The minimum absolute atomic E-state index is 0.0521. The summed E-state index contributed by atoms with van der Waals surface area (Å²) in [6, 6.07) is 17.1. The number of rotatable bonds is 2. The fraction of sp³-hybridized carbons (Fsp3) is 0.0556. The Balaban J connectivity index is 2.21. The van der Waals surface area contributed by atoms with Crippen LogP contribution < -0.4 is 0 Å². The van der Waals surface area contributed by atoms with Crippen molar-refractivity contribution in [3.05, 3.63) is 80.8 Å². The Hall–Kier alpha value is -1.64. The Labute approximate surface area is 136 Å². The van der Waals surface area contributed by atoms with Crippen molar-refractivity contribution in [3.8, 4) is 0 Å². The number of carbonyl (C=O) groups is 1. The average Bonchev–Trinajstić information content (AvgIpc) is 2.47. The van der Waals surface area contributed by atoms with Gasteiger partial charge >= 0.3 is 0 Å². The Morgan fingerprint density at radius 2 is 1.62 bits per heavy atom. The third-order valence-electron chi connectivity index (χ3n) is 3.56. The molecule has 21 heavy (non-hydrogen) atoms. The molecule has 0 fully saturated rings. The van der Waals surface area contributed by atoms with E-state index in [1.807, 2.05) is 49.4 Å². The summed E-state index contributed by atoms with van der Waals surface area (Å²) in [6.45, 7) is 2.04. The number of ketones is 1. The van der Waals surface area contributed by atoms with E-state index in [-0.39, 0.29) is 5.78 Å². The highest BCUT2D eigenvalue weighted by atomic mass is 79.9. The number of carbonyl (C=O) groups excluding carboxylic acids is 1. The number of hydrogen-bond acceptors (Lipinski definition) is 1. The summed E-state index contributed by atoms with van der Waals surface area (Å²) in [5.41, 5.74) is 2.36. The van der Waals surface area contributed by atoms with Crippen molar-refractivity contribution in [1.29, 1.82) is 0 Å². The molecule has 0 heterocycles. The summed E-state index contributed by atoms with van der Waals surface area (Å²) >= 11 is 9.56. The van der Waals surface area contributed by atoms with Crippen molar-refractivity contribution in [2.45, 2.75) is 6.92 Å². The smallest absolute Gasteiger partial charge is 0.195 e. The minimum Gasteiger partial charge on any atom is -0.289 e. The van der Waals surface area contributed by atoms with Gasteiger partial charge in [-0.2, -0.15) is 0 Å². The maximum absolute atomic E-state index is 12.8. The van der Waals surface area contributed by atoms with Crippen LogP contribution in [0.2, 0.25) is 5.02 Å². The van der Waals surface area contributed by atoms with Crippen LogP contribution in [0.15, 0.2) is 59.1 Å². The van der Waals surface area contributed by atoms with Crippen molar-refractivity contribution in [2.24, 2.45) is 0 Å². The summed E-state index contributed by atoms with van der Waals surface area (Å²) in [5.74, 6) is -0.0521. The van der Waals surface area contributed by atoms with E-state index in [0.717, 1.165) is 20.8 Å². The van der Waals surface area contributed by atoms with Gasteiger partial charge < -0.3 is 0 Å². The monoisotopic (exact) mass is 358 g/mol. The topological polar surface area (TPSA) is 17.1 Å². The van der Waals surface area contributed by atoms with E-state index in [1.54, 1.807) is 12.1 Å². The molecule has 0 spiro atoms. The molecule has 0 unspecified atom stereocenters. The Morgan fingerprint density at radius 3 is 2.33 bits per heavy atom. The second kappa shape index (κ2) is 5.63. The molecular formula is C18H12BrClO. The number of benzene rings is 3. The predicted octanol–water partition coefficient (Wildman–Crippen LogP) is 5.80.